The lowest BCUT2D eigenvalue weighted by molar-refractivity contribution is -0.115. The molecule has 0 aliphatic heterocycles. The number of rotatable bonds is 4. The molecule has 0 aliphatic rings. The van der Waals surface area contributed by atoms with Crippen molar-refractivity contribution in [1.29, 1.82) is 0 Å². The zero-order chi connectivity index (χ0) is 22.9. The molecule has 3 rings (SSSR count). The molecule has 0 unspecified atom stereocenters. The van der Waals surface area contributed by atoms with Crippen molar-refractivity contribution in [3.8, 4) is 0 Å². The smallest absolute Gasteiger partial charge is 0.412 e. The first-order valence-corrected chi connectivity index (χ1v) is 9.60. The molecule has 0 spiro atoms. The highest BCUT2D eigenvalue weighted by Gasteiger charge is 2.18. The minimum Gasteiger partial charge on any atom is -0.444 e. The SMILES string of the molecule is Cc1nc2cc(=O)[nH]n2c(C)c1CC(=O)Nc1ccc(F)c(NC(=O)OC(C)(C)C)c1. The zero-order valence-corrected chi connectivity index (χ0v) is 17.9. The zero-order valence-electron chi connectivity index (χ0n) is 17.9. The molecule has 0 atom stereocenters. The molecular formula is C21H24FN5O4. The number of hydrogen-bond donors (Lipinski definition) is 3. The predicted octanol–water partition coefficient (Wildman–Crippen LogP) is 3.31. The Balaban J connectivity index is 1.76. The minimum atomic E-state index is -0.804. The van der Waals surface area contributed by atoms with Crippen molar-refractivity contribution >= 4 is 29.0 Å². The lowest BCUT2D eigenvalue weighted by Gasteiger charge is -2.20. The van der Waals surface area contributed by atoms with E-state index in [1.54, 1.807) is 34.6 Å². The van der Waals surface area contributed by atoms with E-state index in [9.17, 15) is 18.8 Å². The third kappa shape index (κ3) is 5.27. The van der Waals surface area contributed by atoms with Crippen molar-refractivity contribution in [2.45, 2.75) is 46.6 Å². The molecule has 0 fully saturated rings. The second-order valence-corrected chi connectivity index (χ2v) is 8.12. The van der Waals surface area contributed by atoms with Crippen LogP contribution in [0, 0.1) is 19.7 Å². The fourth-order valence-corrected chi connectivity index (χ4v) is 3.09. The van der Waals surface area contributed by atoms with Gasteiger partial charge in [-0.2, -0.15) is 0 Å². The van der Waals surface area contributed by atoms with Crippen LogP contribution in [0.25, 0.3) is 5.65 Å². The summed E-state index contributed by atoms with van der Waals surface area (Å²) in [4.78, 5) is 40.4. The molecule has 0 radical (unpaired) electrons. The Morgan fingerprint density at radius 1 is 1.19 bits per heavy atom. The maximum atomic E-state index is 14.1. The fourth-order valence-electron chi connectivity index (χ4n) is 3.09. The lowest BCUT2D eigenvalue weighted by Crippen LogP contribution is -2.27. The standard InChI is InChI=1S/C21H24FN5O4/c1-11-14(12(2)27-17(23-11)10-19(29)26-27)9-18(28)24-13-6-7-15(22)16(8-13)25-20(30)31-21(3,4)5/h6-8,10H,9H2,1-5H3,(H,24,28)(H,25,30)(H,26,29). The third-order valence-electron chi connectivity index (χ3n) is 4.43. The highest BCUT2D eigenvalue weighted by atomic mass is 19.1. The molecule has 0 saturated carbocycles. The Hall–Kier alpha value is -3.69. The number of hydrogen-bond acceptors (Lipinski definition) is 5. The van der Waals surface area contributed by atoms with E-state index in [4.69, 9.17) is 4.74 Å². The van der Waals surface area contributed by atoms with Crippen molar-refractivity contribution in [3.63, 3.8) is 0 Å². The van der Waals surface area contributed by atoms with Crippen molar-refractivity contribution in [2.24, 2.45) is 0 Å². The highest BCUT2D eigenvalue weighted by molar-refractivity contribution is 5.94. The monoisotopic (exact) mass is 429 g/mol. The number of nitrogens with one attached hydrogen (secondary N) is 3. The number of carbonyl (C=O) groups excluding carboxylic acids is 2. The number of aromatic nitrogens is 3. The second-order valence-electron chi connectivity index (χ2n) is 8.12. The molecule has 1 aromatic carbocycles. The van der Waals surface area contributed by atoms with E-state index in [1.165, 1.54) is 22.7 Å². The van der Waals surface area contributed by atoms with E-state index in [1.807, 2.05) is 0 Å². The summed E-state index contributed by atoms with van der Waals surface area (Å²) < 4.78 is 20.7. The molecule has 3 aromatic rings. The number of amides is 2. The number of H-pyrrole nitrogens is 1. The summed E-state index contributed by atoms with van der Waals surface area (Å²) in [6.45, 7) is 8.62. The molecule has 2 heterocycles. The lowest BCUT2D eigenvalue weighted by atomic mass is 10.1. The number of ether oxygens (including phenoxy) is 1. The van der Waals surface area contributed by atoms with Gasteiger partial charge in [0.25, 0.3) is 5.56 Å². The van der Waals surface area contributed by atoms with Gasteiger partial charge in [0.2, 0.25) is 5.91 Å². The average Bonchev–Trinajstić information content (AvgIpc) is 3.00. The van der Waals surface area contributed by atoms with Crippen LogP contribution >= 0.6 is 0 Å². The van der Waals surface area contributed by atoms with Gasteiger partial charge in [-0.3, -0.25) is 20.0 Å². The van der Waals surface area contributed by atoms with E-state index < -0.39 is 17.5 Å². The van der Waals surface area contributed by atoms with Gasteiger partial charge in [0.05, 0.1) is 12.1 Å². The maximum Gasteiger partial charge on any atom is 0.412 e. The summed E-state index contributed by atoms with van der Waals surface area (Å²) in [5, 5.41) is 7.66. The predicted molar refractivity (Wildman–Crippen MR) is 114 cm³/mol. The molecule has 0 bridgehead atoms. The van der Waals surface area contributed by atoms with E-state index in [0.717, 1.165) is 6.07 Å². The van der Waals surface area contributed by atoms with Gasteiger partial charge in [-0.25, -0.2) is 18.7 Å². The molecule has 0 saturated heterocycles. The summed E-state index contributed by atoms with van der Waals surface area (Å²) in [7, 11) is 0. The number of aryl methyl sites for hydroxylation is 2. The first kappa shape index (κ1) is 22.0. The maximum absolute atomic E-state index is 14.1. The van der Waals surface area contributed by atoms with E-state index in [0.29, 0.717) is 28.3 Å². The number of nitrogens with zero attached hydrogens (tertiary/aromatic N) is 2. The van der Waals surface area contributed by atoms with E-state index >= 15 is 0 Å². The second kappa shape index (κ2) is 8.21. The van der Waals surface area contributed by atoms with Gasteiger partial charge in [0.15, 0.2) is 5.65 Å². The quantitative estimate of drug-likeness (QED) is 0.588. The van der Waals surface area contributed by atoms with Gasteiger partial charge in [0.1, 0.15) is 11.4 Å². The summed E-state index contributed by atoms with van der Waals surface area (Å²) in [6.07, 6.45) is -0.811. The highest BCUT2D eigenvalue weighted by Crippen LogP contribution is 2.22. The first-order valence-electron chi connectivity index (χ1n) is 9.60. The molecule has 164 valence electrons. The van der Waals surface area contributed by atoms with E-state index in [-0.39, 0.29) is 23.6 Å². The Morgan fingerprint density at radius 3 is 2.58 bits per heavy atom. The first-order chi connectivity index (χ1) is 14.4. The molecule has 0 aliphatic carbocycles. The van der Waals surface area contributed by atoms with Crippen LogP contribution in [0.5, 0.6) is 0 Å². The topological polar surface area (TPSA) is 118 Å². The van der Waals surface area contributed by atoms with Gasteiger partial charge in [0, 0.05) is 28.7 Å². The van der Waals surface area contributed by atoms with Crippen LogP contribution in [0.1, 0.15) is 37.7 Å². The van der Waals surface area contributed by atoms with Crippen molar-refractivity contribution < 1.29 is 18.7 Å². The third-order valence-corrected chi connectivity index (χ3v) is 4.43. The van der Waals surface area contributed by atoms with Gasteiger partial charge < -0.3 is 10.1 Å². The fraction of sp³-hybridized carbons (Fsp3) is 0.333. The van der Waals surface area contributed by atoms with Crippen LogP contribution in [0.3, 0.4) is 0 Å². The van der Waals surface area contributed by atoms with Crippen molar-refractivity contribution in [3.05, 3.63) is 57.4 Å². The Labute approximate surface area is 177 Å². The van der Waals surface area contributed by atoms with Gasteiger partial charge in [-0.1, -0.05) is 0 Å². The Kier molecular flexibility index (Phi) is 5.83. The number of carbonyl (C=O) groups is 2. The molecule has 31 heavy (non-hydrogen) atoms. The van der Waals surface area contributed by atoms with Crippen LogP contribution in [-0.2, 0) is 16.0 Å². The molecular weight excluding hydrogens is 405 g/mol. The number of anilines is 2. The van der Waals surface area contributed by atoms with Crippen LogP contribution in [0.15, 0.2) is 29.1 Å². The van der Waals surface area contributed by atoms with Crippen LogP contribution in [0.2, 0.25) is 0 Å². The number of benzene rings is 1. The molecule has 3 N–H and O–H groups in total. The van der Waals surface area contributed by atoms with Crippen molar-refractivity contribution in [1.82, 2.24) is 14.6 Å². The number of halogens is 1. The van der Waals surface area contributed by atoms with Crippen LogP contribution in [0.4, 0.5) is 20.6 Å². The number of aromatic amines is 1. The normalized spacial score (nSPS) is 11.4. The summed E-state index contributed by atoms with van der Waals surface area (Å²) in [5.41, 5.74) is 1.61. The van der Waals surface area contributed by atoms with Crippen molar-refractivity contribution in [2.75, 3.05) is 10.6 Å². The van der Waals surface area contributed by atoms with Gasteiger partial charge >= 0.3 is 6.09 Å². The summed E-state index contributed by atoms with van der Waals surface area (Å²) in [6, 6.07) is 5.21. The summed E-state index contributed by atoms with van der Waals surface area (Å²) in [5.74, 6) is -1.03. The molecule has 10 heteroatoms. The van der Waals surface area contributed by atoms with Gasteiger partial charge in [-0.15, -0.1) is 0 Å². The van der Waals surface area contributed by atoms with Crippen LogP contribution in [-0.4, -0.2) is 32.2 Å². The van der Waals surface area contributed by atoms with Crippen LogP contribution < -0.4 is 16.2 Å². The Morgan fingerprint density at radius 2 is 1.90 bits per heavy atom. The molecule has 2 amide bonds. The Bertz CT molecular complexity index is 1220. The summed E-state index contributed by atoms with van der Waals surface area (Å²) >= 11 is 0. The largest absolute Gasteiger partial charge is 0.444 e. The molecule has 2 aromatic heterocycles. The molecule has 9 nitrogen and oxygen atoms in total. The van der Waals surface area contributed by atoms with Gasteiger partial charge in [-0.05, 0) is 52.8 Å². The number of fused-ring (bicyclic) bond motifs is 1. The van der Waals surface area contributed by atoms with E-state index in [2.05, 4.69) is 20.7 Å². The average molecular weight is 429 g/mol. The minimum absolute atomic E-state index is 0.00692.